The van der Waals surface area contributed by atoms with Crippen LogP contribution in [0.3, 0.4) is 0 Å². The summed E-state index contributed by atoms with van der Waals surface area (Å²) in [5, 5.41) is 15.1. The fraction of sp³-hybridized carbons (Fsp3) is 0.176. The van der Waals surface area contributed by atoms with Crippen LogP contribution in [0.1, 0.15) is 52.7 Å². The Morgan fingerprint density at radius 1 is 0.345 bits per heavy atom. The first-order chi connectivity index (χ1) is 26.5. The Morgan fingerprint density at radius 2 is 0.600 bits per heavy atom. The van der Waals surface area contributed by atoms with Crippen LogP contribution in [0.5, 0.6) is 0 Å². The van der Waals surface area contributed by atoms with Crippen LogP contribution < -0.4 is 10.9 Å². The molecular formula is C51H38B2N2. The topological polar surface area (TPSA) is 9.86 Å². The Morgan fingerprint density at radius 3 is 0.873 bits per heavy atom. The van der Waals surface area contributed by atoms with E-state index in [2.05, 4.69) is 172 Å². The summed E-state index contributed by atoms with van der Waals surface area (Å²) in [6, 6.07) is 44.7. The van der Waals surface area contributed by atoms with Crippen LogP contribution >= 0.6 is 0 Å². The lowest BCUT2D eigenvalue weighted by molar-refractivity contribution is 0.125. The zero-order valence-corrected chi connectivity index (χ0v) is 32.1. The SMILES string of the molecule is [B]c1c(-n2c3cccc4c5ccccc5c5cccc2c5c43)c(-n2c3cccc4c5ccccc5c5cccc2c5c43)c([B])c2c1C(C)(C)C(C)(C)C2(C)C. The Bertz CT molecular complexity index is 3080. The van der Waals surface area contributed by atoms with Gasteiger partial charge in [0.15, 0.2) is 0 Å². The molecule has 11 aromatic rings. The molecule has 4 heteroatoms. The molecule has 0 amide bonds. The van der Waals surface area contributed by atoms with Crippen molar-refractivity contribution in [2.24, 2.45) is 5.41 Å². The van der Waals surface area contributed by atoms with Gasteiger partial charge in [0.25, 0.3) is 0 Å². The zero-order valence-electron chi connectivity index (χ0n) is 32.1. The molecule has 2 heterocycles. The number of nitrogens with zero attached hydrogens (tertiary/aromatic N) is 2. The summed E-state index contributed by atoms with van der Waals surface area (Å²) in [4.78, 5) is 0. The molecule has 1 aliphatic rings. The Labute approximate surface area is 322 Å². The maximum absolute atomic E-state index is 7.92. The van der Waals surface area contributed by atoms with Crippen molar-refractivity contribution in [1.29, 1.82) is 0 Å². The number of aromatic nitrogens is 2. The molecule has 55 heavy (non-hydrogen) atoms. The highest BCUT2D eigenvalue weighted by Crippen LogP contribution is 2.61. The maximum atomic E-state index is 7.92. The fourth-order valence-corrected chi connectivity index (χ4v) is 11.4. The van der Waals surface area contributed by atoms with Gasteiger partial charge < -0.3 is 9.13 Å². The Hall–Kier alpha value is -5.73. The van der Waals surface area contributed by atoms with Crippen LogP contribution in [0, 0.1) is 5.41 Å². The van der Waals surface area contributed by atoms with Gasteiger partial charge in [0.05, 0.1) is 33.4 Å². The van der Waals surface area contributed by atoms with Gasteiger partial charge in [0.1, 0.15) is 15.7 Å². The first-order valence-electron chi connectivity index (χ1n) is 19.5. The third-order valence-corrected chi connectivity index (χ3v) is 15.0. The second-order valence-electron chi connectivity index (χ2n) is 17.7. The fourth-order valence-electron chi connectivity index (χ4n) is 11.4. The van der Waals surface area contributed by atoms with Crippen LogP contribution in [0.4, 0.5) is 0 Å². The lowest BCUT2D eigenvalue weighted by Crippen LogP contribution is -2.43. The molecular weight excluding hydrogens is 662 g/mol. The minimum Gasteiger partial charge on any atom is -0.308 e. The van der Waals surface area contributed by atoms with Crippen molar-refractivity contribution >= 4 is 113 Å². The van der Waals surface area contributed by atoms with E-state index >= 15 is 0 Å². The smallest absolute Gasteiger partial charge is 0.117 e. The molecule has 0 bridgehead atoms. The van der Waals surface area contributed by atoms with Crippen LogP contribution in [0.2, 0.25) is 0 Å². The molecule has 2 nitrogen and oxygen atoms in total. The van der Waals surface area contributed by atoms with Crippen molar-refractivity contribution in [3.8, 4) is 11.4 Å². The number of benzene rings is 9. The van der Waals surface area contributed by atoms with Gasteiger partial charge in [0.2, 0.25) is 0 Å². The van der Waals surface area contributed by atoms with E-state index in [0.29, 0.717) is 0 Å². The molecule has 2 aromatic heterocycles. The molecule has 4 radical (unpaired) electrons. The summed E-state index contributed by atoms with van der Waals surface area (Å²) in [6.07, 6.45) is 0. The van der Waals surface area contributed by atoms with Gasteiger partial charge in [-0.3, -0.25) is 0 Å². The van der Waals surface area contributed by atoms with Crippen molar-refractivity contribution in [2.75, 3.05) is 0 Å². The van der Waals surface area contributed by atoms with E-state index in [9.17, 15) is 0 Å². The van der Waals surface area contributed by atoms with E-state index < -0.39 is 0 Å². The van der Waals surface area contributed by atoms with Crippen LogP contribution in [-0.4, -0.2) is 24.8 Å². The Balaban J connectivity index is 1.37. The molecule has 0 aliphatic heterocycles. The number of fused-ring (bicyclic) bond motifs is 7. The predicted octanol–water partition coefficient (Wildman–Crippen LogP) is 11.6. The molecule has 0 N–H and O–H groups in total. The summed E-state index contributed by atoms with van der Waals surface area (Å²) in [5.41, 5.74) is 9.66. The van der Waals surface area contributed by atoms with E-state index in [0.717, 1.165) is 55.5 Å². The molecule has 0 unspecified atom stereocenters. The van der Waals surface area contributed by atoms with Gasteiger partial charge >= 0.3 is 0 Å². The lowest BCUT2D eigenvalue weighted by Gasteiger charge is -2.45. The molecule has 12 rings (SSSR count). The lowest BCUT2D eigenvalue weighted by atomic mass is 9.58. The van der Waals surface area contributed by atoms with Gasteiger partial charge in [-0.15, -0.1) is 0 Å². The summed E-state index contributed by atoms with van der Waals surface area (Å²) in [6.45, 7) is 14.2. The van der Waals surface area contributed by atoms with Gasteiger partial charge in [-0.2, -0.15) is 0 Å². The number of rotatable bonds is 2. The maximum Gasteiger partial charge on any atom is 0.117 e. The second-order valence-corrected chi connectivity index (χ2v) is 17.7. The summed E-state index contributed by atoms with van der Waals surface area (Å²) < 4.78 is 4.91. The van der Waals surface area contributed by atoms with Crippen molar-refractivity contribution in [3.05, 3.63) is 132 Å². The van der Waals surface area contributed by atoms with E-state index in [-0.39, 0.29) is 16.2 Å². The van der Waals surface area contributed by atoms with Gasteiger partial charge in [-0.25, -0.2) is 0 Å². The second kappa shape index (κ2) is 9.92. The molecule has 258 valence electrons. The first-order valence-corrected chi connectivity index (χ1v) is 19.5. The number of hydrogen-bond donors (Lipinski definition) is 0. The monoisotopic (exact) mass is 700 g/mol. The molecule has 0 fully saturated rings. The van der Waals surface area contributed by atoms with E-state index in [4.69, 9.17) is 15.7 Å². The van der Waals surface area contributed by atoms with Crippen LogP contribution in [-0.2, 0) is 10.8 Å². The van der Waals surface area contributed by atoms with E-state index in [1.54, 1.807) is 0 Å². The highest BCUT2D eigenvalue weighted by molar-refractivity contribution is 6.44. The van der Waals surface area contributed by atoms with Crippen LogP contribution in [0.25, 0.3) is 98.1 Å². The third kappa shape index (κ3) is 3.40. The number of hydrogen-bond acceptors (Lipinski definition) is 0. The molecule has 1 aliphatic carbocycles. The molecule has 9 aromatic carbocycles. The highest BCUT2D eigenvalue weighted by Gasteiger charge is 2.58. The largest absolute Gasteiger partial charge is 0.308 e. The minimum absolute atomic E-state index is 0.155. The Kier molecular flexibility index (Phi) is 5.70. The zero-order chi connectivity index (χ0) is 37.5. The van der Waals surface area contributed by atoms with Gasteiger partial charge in [-0.05, 0) is 94.7 Å². The summed E-state index contributed by atoms with van der Waals surface area (Å²) in [7, 11) is 15.8. The molecule has 0 spiro atoms. The predicted molar refractivity (Wildman–Crippen MR) is 238 cm³/mol. The minimum atomic E-state index is -0.275. The van der Waals surface area contributed by atoms with Crippen molar-refractivity contribution < 1.29 is 0 Å². The van der Waals surface area contributed by atoms with Crippen molar-refractivity contribution in [3.63, 3.8) is 0 Å². The van der Waals surface area contributed by atoms with Gasteiger partial charge in [0, 0.05) is 21.5 Å². The quantitative estimate of drug-likeness (QED) is 0.126. The standard InChI is InChI=1S/C51H38B2N2/c1-49(2)43-44(50(3,4)51(49,5)6)46(53)48(55-37-25-13-21-33-29-17-9-10-18-30(29)34-22-14-26-38(55)42(34)41(33)37)47(45(43)52)54-35-23-11-19-31-27-15-7-8-16-28(27)32-20-12-24-36(54)40(32)39(31)35/h7-26H,1-6H3. The average molecular weight is 701 g/mol. The van der Waals surface area contributed by atoms with E-state index in [1.807, 2.05) is 0 Å². The van der Waals surface area contributed by atoms with Crippen molar-refractivity contribution in [2.45, 2.75) is 52.4 Å². The van der Waals surface area contributed by atoms with E-state index in [1.165, 1.54) is 64.6 Å². The van der Waals surface area contributed by atoms with Gasteiger partial charge in [-0.1, -0.05) is 150 Å². The summed E-state index contributed by atoms with van der Waals surface area (Å²) >= 11 is 0. The van der Waals surface area contributed by atoms with Crippen molar-refractivity contribution in [1.82, 2.24) is 9.13 Å². The third-order valence-electron chi connectivity index (χ3n) is 15.0. The molecule has 0 saturated carbocycles. The molecule has 0 saturated heterocycles. The van der Waals surface area contributed by atoms with Crippen LogP contribution in [0.15, 0.2) is 121 Å². The highest BCUT2D eigenvalue weighted by atomic mass is 15.1. The first kappa shape index (κ1) is 31.6. The average Bonchev–Trinajstić information content (AvgIpc) is 3.74. The summed E-state index contributed by atoms with van der Waals surface area (Å²) in [5.74, 6) is 0. The normalized spacial score (nSPS) is 16.4. The molecule has 0 atom stereocenters.